The van der Waals surface area contributed by atoms with Crippen LogP contribution in [0.15, 0.2) is 17.1 Å². The molecule has 1 aliphatic heterocycles. The van der Waals surface area contributed by atoms with Gasteiger partial charge in [0, 0.05) is 19.0 Å². The quantitative estimate of drug-likeness (QED) is 0.638. The molecule has 2 aliphatic carbocycles. The van der Waals surface area contributed by atoms with Gasteiger partial charge in [-0.2, -0.15) is 0 Å². The van der Waals surface area contributed by atoms with Crippen LogP contribution in [0.1, 0.15) is 86.7 Å². The summed E-state index contributed by atoms with van der Waals surface area (Å²) in [6.45, 7) is 8.31. The Bertz CT molecular complexity index is 1310. The Morgan fingerprint density at radius 2 is 1.94 bits per heavy atom. The zero-order valence-corrected chi connectivity index (χ0v) is 21.3. The molecule has 2 saturated carbocycles. The number of carboxylic acids is 1. The lowest BCUT2D eigenvalue weighted by Gasteiger charge is -2.39. The second-order valence-corrected chi connectivity index (χ2v) is 11.7. The van der Waals surface area contributed by atoms with E-state index < -0.39 is 34.6 Å². The molecule has 0 unspecified atom stereocenters. The van der Waals surface area contributed by atoms with Crippen LogP contribution in [0.5, 0.6) is 0 Å². The molecule has 3 fully saturated rings. The summed E-state index contributed by atoms with van der Waals surface area (Å²) in [5, 5.41) is 12.7. The first-order valence-corrected chi connectivity index (χ1v) is 12.8. The van der Waals surface area contributed by atoms with E-state index in [-0.39, 0.29) is 17.4 Å². The van der Waals surface area contributed by atoms with Gasteiger partial charge in [0.25, 0.3) is 5.56 Å². The lowest BCUT2D eigenvalue weighted by molar-refractivity contribution is 0.0404. The van der Waals surface area contributed by atoms with Crippen molar-refractivity contribution in [2.75, 3.05) is 18.0 Å². The number of alkyl carbamates (subject to hydrolysis) is 1. The molecule has 0 bridgehead atoms. The van der Waals surface area contributed by atoms with Crippen molar-refractivity contribution in [1.82, 2.24) is 9.72 Å². The standard InChI is InChI=1S/C27H34FN3O5/c1-15-21-18(16-8-9-16)11-19(24(33)34)23(32)31(21)13-20(28)22(15)30-12-17-7-5-6-10-27(17,14-30)29-25(35)36-26(2,3)4/h11,13,16-17H,5-10,12,14H2,1-4H3,(H,29,35)(H,33,34)/t17-,27-/m0/s1. The number of nitrogens with one attached hydrogen (secondary N) is 1. The van der Waals surface area contributed by atoms with Gasteiger partial charge in [0.2, 0.25) is 0 Å². The van der Waals surface area contributed by atoms with Crippen molar-refractivity contribution in [2.45, 2.75) is 83.3 Å². The third-order valence-electron chi connectivity index (χ3n) is 7.88. The van der Waals surface area contributed by atoms with Crippen LogP contribution in [0.2, 0.25) is 0 Å². The van der Waals surface area contributed by atoms with Crippen LogP contribution in [-0.2, 0) is 4.74 Å². The second-order valence-electron chi connectivity index (χ2n) is 11.7. The Morgan fingerprint density at radius 1 is 1.22 bits per heavy atom. The Hall–Kier alpha value is -3.10. The monoisotopic (exact) mass is 499 g/mol. The van der Waals surface area contributed by atoms with E-state index in [1.807, 2.05) is 25.7 Å². The lowest BCUT2D eigenvalue weighted by atomic mass is 9.75. The summed E-state index contributed by atoms with van der Waals surface area (Å²) >= 11 is 0. The minimum absolute atomic E-state index is 0.147. The van der Waals surface area contributed by atoms with Gasteiger partial charge in [-0.3, -0.25) is 9.20 Å². The van der Waals surface area contributed by atoms with Gasteiger partial charge in [0.1, 0.15) is 11.2 Å². The molecule has 0 spiro atoms. The Labute approximate surface area is 209 Å². The molecule has 3 aliphatic rings. The largest absolute Gasteiger partial charge is 0.477 e. The number of nitrogens with zero attached hydrogens (tertiary/aromatic N) is 2. The highest BCUT2D eigenvalue weighted by atomic mass is 19.1. The number of hydrogen-bond donors (Lipinski definition) is 2. The van der Waals surface area contributed by atoms with Gasteiger partial charge >= 0.3 is 12.1 Å². The van der Waals surface area contributed by atoms with E-state index in [0.29, 0.717) is 29.9 Å². The molecule has 3 heterocycles. The smallest absolute Gasteiger partial charge is 0.408 e. The summed E-state index contributed by atoms with van der Waals surface area (Å²) in [6, 6.07) is 1.47. The highest BCUT2D eigenvalue weighted by Gasteiger charge is 2.50. The van der Waals surface area contributed by atoms with E-state index in [9.17, 15) is 19.5 Å². The summed E-state index contributed by atoms with van der Waals surface area (Å²) in [5.41, 5.74) is 0.207. The SMILES string of the molecule is Cc1c(N2C[C@@H]3CCCC[C@]3(NC(=O)OC(C)(C)C)C2)c(F)cn2c(=O)c(C(=O)O)cc(C3CC3)c12. The summed E-state index contributed by atoms with van der Waals surface area (Å²) < 4.78 is 22.4. The molecule has 1 amide bonds. The molecule has 5 rings (SSSR count). The number of pyridine rings is 2. The Kier molecular flexibility index (Phi) is 5.80. The molecule has 2 N–H and O–H groups in total. The molecule has 0 radical (unpaired) electrons. The van der Waals surface area contributed by atoms with Gasteiger partial charge < -0.3 is 20.1 Å². The normalized spacial score (nSPS) is 24.0. The van der Waals surface area contributed by atoms with Gasteiger partial charge in [-0.05, 0) is 76.5 Å². The van der Waals surface area contributed by atoms with Crippen molar-refractivity contribution in [3.05, 3.63) is 45.1 Å². The second kappa shape index (κ2) is 8.49. The summed E-state index contributed by atoms with van der Waals surface area (Å²) in [5.74, 6) is -1.57. The fraction of sp³-hybridized carbons (Fsp3) is 0.593. The number of aryl methyl sites for hydroxylation is 1. The van der Waals surface area contributed by atoms with Gasteiger partial charge in [0.05, 0.1) is 22.9 Å². The van der Waals surface area contributed by atoms with Crippen LogP contribution in [0.25, 0.3) is 5.52 Å². The Balaban J connectivity index is 1.58. The highest BCUT2D eigenvalue weighted by Crippen LogP contribution is 2.46. The molecular formula is C27H34FN3O5. The molecule has 2 aromatic heterocycles. The Morgan fingerprint density at radius 3 is 2.58 bits per heavy atom. The molecule has 194 valence electrons. The molecule has 0 aromatic carbocycles. The van der Waals surface area contributed by atoms with Crippen molar-refractivity contribution in [2.24, 2.45) is 5.92 Å². The molecule has 8 nitrogen and oxygen atoms in total. The number of amides is 1. The van der Waals surface area contributed by atoms with E-state index in [0.717, 1.165) is 50.3 Å². The first-order valence-electron chi connectivity index (χ1n) is 12.8. The van der Waals surface area contributed by atoms with Crippen LogP contribution >= 0.6 is 0 Å². The van der Waals surface area contributed by atoms with Crippen LogP contribution in [-0.4, -0.2) is 45.8 Å². The van der Waals surface area contributed by atoms with Crippen molar-refractivity contribution in [3.63, 3.8) is 0 Å². The van der Waals surface area contributed by atoms with Crippen LogP contribution in [0.3, 0.4) is 0 Å². The number of halogens is 1. The number of carboxylic acid groups (broad SMARTS) is 1. The first-order chi connectivity index (χ1) is 16.9. The minimum Gasteiger partial charge on any atom is -0.477 e. The fourth-order valence-corrected chi connectivity index (χ4v) is 6.23. The van der Waals surface area contributed by atoms with Gasteiger partial charge in [0.15, 0.2) is 5.82 Å². The number of hydrogen-bond acceptors (Lipinski definition) is 5. The number of aromatic carboxylic acids is 1. The summed E-state index contributed by atoms with van der Waals surface area (Å²) in [7, 11) is 0. The molecule has 9 heteroatoms. The zero-order valence-electron chi connectivity index (χ0n) is 21.3. The van der Waals surface area contributed by atoms with Crippen molar-refractivity contribution >= 4 is 23.3 Å². The van der Waals surface area contributed by atoms with Crippen molar-refractivity contribution < 1.29 is 23.8 Å². The van der Waals surface area contributed by atoms with Crippen LogP contribution in [0.4, 0.5) is 14.9 Å². The fourth-order valence-electron chi connectivity index (χ4n) is 6.23. The van der Waals surface area contributed by atoms with E-state index in [1.54, 1.807) is 6.92 Å². The average molecular weight is 500 g/mol. The number of rotatable bonds is 4. The van der Waals surface area contributed by atoms with E-state index in [4.69, 9.17) is 4.74 Å². The number of carbonyl (C=O) groups excluding carboxylic acids is 1. The van der Waals surface area contributed by atoms with Gasteiger partial charge in [-0.1, -0.05) is 12.8 Å². The van der Waals surface area contributed by atoms with E-state index in [2.05, 4.69) is 5.32 Å². The van der Waals surface area contributed by atoms with Crippen molar-refractivity contribution in [1.29, 1.82) is 0 Å². The third-order valence-corrected chi connectivity index (χ3v) is 7.88. The summed E-state index contributed by atoms with van der Waals surface area (Å²) in [4.78, 5) is 39.4. The predicted octanol–water partition coefficient (Wildman–Crippen LogP) is 4.60. The van der Waals surface area contributed by atoms with Crippen LogP contribution < -0.4 is 15.8 Å². The summed E-state index contributed by atoms with van der Waals surface area (Å²) in [6.07, 6.45) is 6.23. The highest BCUT2D eigenvalue weighted by molar-refractivity contribution is 5.89. The number of carbonyl (C=O) groups is 2. The number of ether oxygens (including phenoxy) is 1. The molecular weight excluding hydrogens is 465 g/mol. The number of fused-ring (bicyclic) bond motifs is 2. The maximum Gasteiger partial charge on any atom is 0.408 e. The van der Waals surface area contributed by atoms with Gasteiger partial charge in [-0.15, -0.1) is 0 Å². The van der Waals surface area contributed by atoms with Crippen molar-refractivity contribution in [3.8, 4) is 0 Å². The topological polar surface area (TPSA) is 100 Å². The minimum atomic E-state index is -1.31. The molecule has 36 heavy (non-hydrogen) atoms. The predicted molar refractivity (Wildman–Crippen MR) is 134 cm³/mol. The maximum atomic E-state index is 15.7. The average Bonchev–Trinajstić information content (AvgIpc) is 3.53. The lowest BCUT2D eigenvalue weighted by Crippen LogP contribution is -2.56. The molecule has 2 aromatic rings. The van der Waals surface area contributed by atoms with E-state index in [1.165, 1.54) is 10.5 Å². The van der Waals surface area contributed by atoms with E-state index >= 15 is 4.39 Å². The zero-order chi connectivity index (χ0) is 26.0. The molecule has 1 saturated heterocycles. The number of anilines is 1. The first kappa shape index (κ1) is 24.6. The number of aromatic nitrogens is 1. The van der Waals surface area contributed by atoms with Crippen LogP contribution in [0, 0.1) is 18.7 Å². The molecule has 2 atom stereocenters. The maximum absolute atomic E-state index is 15.7. The third kappa shape index (κ3) is 4.22. The van der Waals surface area contributed by atoms with Gasteiger partial charge in [-0.25, -0.2) is 14.0 Å².